The Balaban J connectivity index is 1.45. The van der Waals surface area contributed by atoms with Crippen molar-refractivity contribution in [2.45, 2.75) is 70.6 Å². The molecule has 3 saturated carbocycles. The average Bonchev–Trinajstić information content (AvgIpc) is 3.24. The molecule has 6 aliphatic rings. The van der Waals surface area contributed by atoms with Crippen molar-refractivity contribution in [3.63, 3.8) is 0 Å². The first-order valence-corrected chi connectivity index (χ1v) is 10.8. The fourth-order valence-corrected chi connectivity index (χ4v) is 8.73. The zero-order chi connectivity index (χ0) is 18.8. The van der Waals surface area contributed by atoms with Gasteiger partial charge >= 0.3 is 5.97 Å². The van der Waals surface area contributed by atoms with Gasteiger partial charge in [0.25, 0.3) is 0 Å². The van der Waals surface area contributed by atoms with E-state index < -0.39 is 11.8 Å². The van der Waals surface area contributed by atoms with Crippen LogP contribution in [0, 0.1) is 40.4 Å². The van der Waals surface area contributed by atoms with Gasteiger partial charge < -0.3 is 9.84 Å². The van der Waals surface area contributed by atoms with E-state index in [4.69, 9.17) is 4.74 Å². The zero-order valence-electron chi connectivity index (χ0n) is 16.2. The van der Waals surface area contributed by atoms with Crippen molar-refractivity contribution in [3.05, 3.63) is 23.5 Å². The van der Waals surface area contributed by atoms with E-state index in [-0.39, 0.29) is 22.7 Å². The van der Waals surface area contributed by atoms with E-state index in [2.05, 4.69) is 19.9 Å². The lowest BCUT2D eigenvalue weighted by atomic mass is 9.45. The van der Waals surface area contributed by atoms with Crippen LogP contribution in [-0.2, 0) is 9.53 Å². The van der Waals surface area contributed by atoms with Crippen LogP contribution in [0.5, 0.6) is 0 Å². The first kappa shape index (κ1) is 16.6. The summed E-state index contributed by atoms with van der Waals surface area (Å²) in [6.07, 6.45) is 8.66. The third-order valence-corrected chi connectivity index (χ3v) is 9.76. The molecule has 0 bridgehead atoms. The number of fused-ring (bicyclic) bond motifs is 9. The highest BCUT2D eigenvalue weighted by Crippen LogP contribution is 2.79. The number of aliphatic hydroxyl groups excluding tert-OH is 1. The Morgan fingerprint density at radius 3 is 2.74 bits per heavy atom. The lowest BCUT2D eigenvalue weighted by Crippen LogP contribution is -2.59. The molecule has 1 heterocycles. The van der Waals surface area contributed by atoms with Crippen molar-refractivity contribution in [1.82, 2.24) is 0 Å². The Bertz CT molecular complexity index is 801. The molecular formula is C23H29FO3. The molecule has 1 spiro atoms. The van der Waals surface area contributed by atoms with Crippen LogP contribution in [0.3, 0.4) is 0 Å². The molecule has 3 unspecified atom stereocenters. The van der Waals surface area contributed by atoms with Crippen LogP contribution < -0.4 is 0 Å². The molecule has 0 amide bonds. The van der Waals surface area contributed by atoms with E-state index in [1.54, 1.807) is 0 Å². The molecule has 0 aromatic carbocycles. The minimum absolute atomic E-state index is 0.0217. The number of halogens is 1. The molecule has 0 aromatic rings. The maximum absolute atomic E-state index is 15.9. The number of allylic oxidation sites excluding steroid dienone is 4. The summed E-state index contributed by atoms with van der Waals surface area (Å²) in [7, 11) is 0. The number of aliphatic hydroxyl groups is 1. The second kappa shape index (κ2) is 4.80. The van der Waals surface area contributed by atoms with E-state index in [0.717, 1.165) is 31.3 Å². The average molecular weight is 372 g/mol. The van der Waals surface area contributed by atoms with Gasteiger partial charge in [0.1, 0.15) is 11.8 Å². The Morgan fingerprint density at radius 2 is 2.00 bits per heavy atom. The van der Waals surface area contributed by atoms with Crippen LogP contribution in [0.2, 0.25) is 0 Å². The molecule has 1 aliphatic heterocycles. The summed E-state index contributed by atoms with van der Waals surface area (Å²) in [5.74, 6) is 2.23. The maximum Gasteiger partial charge on any atom is 0.306 e. The summed E-state index contributed by atoms with van der Waals surface area (Å²) < 4.78 is 22.0. The summed E-state index contributed by atoms with van der Waals surface area (Å²) in [6.45, 7) is 4.46. The second-order valence-corrected chi connectivity index (χ2v) is 10.7. The van der Waals surface area contributed by atoms with Crippen molar-refractivity contribution >= 4 is 5.97 Å². The molecule has 0 radical (unpaired) electrons. The summed E-state index contributed by atoms with van der Waals surface area (Å²) in [4.78, 5) is 12.1. The van der Waals surface area contributed by atoms with Crippen molar-refractivity contribution in [3.8, 4) is 0 Å². The predicted octanol–water partition coefficient (Wildman–Crippen LogP) is 4.88. The lowest BCUT2D eigenvalue weighted by molar-refractivity contribution is -0.184. The summed E-state index contributed by atoms with van der Waals surface area (Å²) >= 11 is 0. The van der Waals surface area contributed by atoms with E-state index in [9.17, 15) is 9.90 Å². The van der Waals surface area contributed by atoms with Crippen LogP contribution in [0.15, 0.2) is 23.5 Å². The van der Waals surface area contributed by atoms with Gasteiger partial charge in [-0.1, -0.05) is 19.9 Å². The molecule has 1 saturated heterocycles. The number of hydrogen-bond donors (Lipinski definition) is 1. The first-order chi connectivity index (χ1) is 12.8. The van der Waals surface area contributed by atoms with Gasteiger partial charge in [0.2, 0.25) is 0 Å². The predicted molar refractivity (Wildman–Crippen MR) is 98.5 cm³/mol. The number of hydrogen-bond acceptors (Lipinski definition) is 3. The SMILES string of the molecule is C[C@]12CCC(O)=CC1=CCC1C2[C@@H](F)C[C@@]2(C)C1[C@@H]1C[C@@H]1[C@@]21CCC(=O)O1. The Kier molecular flexibility index (Phi) is 2.96. The normalized spacial score (nSPS) is 57.8. The Labute approximate surface area is 160 Å². The van der Waals surface area contributed by atoms with Gasteiger partial charge in [-0.15, -0.1) is 0 Å². The first-order valence-electron chi connectivity index (χ1n) is 10.8. The highest BCUT2D eigenvalue weighted by molar-refractivity contribution is 5.73. The van der Waals surface area contributed by atoms with Crippen LogP contribution in [0.25, 0.3) is 0 Å². The molecule has 1 N–H and O–H groups in total. The molecule has 146 valence electrons. The van der Waals surface area contributed by atoms with Crippen molar-refractivity contribution < 1.29 is 19.0 Å². The van der Waals surface area contributed by atoms with Crippen LogP contribution in [-0.4, -0.2) is 22.8 Å². The highest BCUT2D eigenvalue weighted by atomic mass is 19.1. The van der Waals surface area contributed by atoms with E-state index >= 15 is 4.39 Å². The molecule has 3 nitrogen and oxygen atoms in total. The van der Waals surface area contributed by atoms with Crippen LogP contribution in [0.1, 0.15) is 58.8 Å². The van der Waals surface area contributed by atoms with Gasteiger partial charge in [0.15, 0.2) is 0 Å². The van der Waals surface area contributed by atoms with Gasteiger partial charge in [-0.05, 0) is 66.9 Å². The summed E-state index contributed by atoms with van der Waals surface area (Å²) in [6, 6.07) is 0. The van der Waals surface area contributed by atoms with Gasteiger partial charge in [-0.2, -0.15) is 0 Å². The van der Waals surface area contributed by atoms with Gasteiger partial charge in [-0.3, -0.25) is 4.79 Å². The van der Waals surface area contributed by atoms with Crippen LogP contribution in [0.4, 0.5) is 4.39 Å². The Morgan fingerprint density at radius 1 is 1.19 bits per heavy atom. The van der Waals surface area contributed by atoms with Crippen molar-refractivity contribution in [2.24, 2.45) is 40.4 Å². The lowest BCUT2D eigenvalue weighted by Gasteiger charge is -2.60. The number of esters is 1. The van der Waals surface area contributed by atoms with Crippen molar-refractivity contribution in [2.75, 3.05) is 0 Å². The van der Waals surface area contributed by atoms with Gasteiger partial charge in [-0.25, -0.2) is 4.39 Å². The fraction of sp³-hybridized carbons (Fsp3) is 0.783. The standard InChI is InChI=1S/C23H29FO3/c1-21-7-5-13(25)9-12(21)3-4-14-19-15-10-16(15)23(8-6-18(26)27-23)22(19,2)11-17(24)20(14)21/h3,9,14-17,19-20,25H,4-8,10-11H2,1-2H3/t14?,15-,16+,17+,19?,20?,21+,22+,23+/m1/s1. The number of alkyl halides is 1. The molecule has 9 atom stereocenters. The van der Waals surface area contributed by atoms with E-state index in [1.807, 2.05) is 6.08 Å². The number of rotatable bonds is 0. The molecule has 4 fully saturated rings. The third kappa shape index (κ3) is 1.77. The minimum Gasteiger partial charge on any atom is -0.512 e. The van der Waals surface area contributed by atoms with Gasteiger partial charge in [0.05, 0.1) is 5.76 Å². The molecular weight excluding hydrogens is 343 g/mol. The van der Waals surface area contributed by atoms with Gasteiger partial charge in [0, 0.05) is 30.1 Å². The quantitative estimate of drug-likeness (QED) is 0.617. The zero-order valence-corrected chi connectivity index (χ0v) is 16.2. The Hall–Kier alpha value is -1.32. The largest absolute Gasteiger partial charge is 0.512 e. The third-order valence-electron chi connectivity index (χ3n) is 9.76. The number of ether oxygens (including phenoxy) is 1. The highest BCUT2D eigenvalue weighted by Gasteiger charge is 2.80. The number of carbonyl (C=O) groups is 1. The molecule has 5 aliphatic carbocycles. The monoisotopic (exact) mass is 372 g/mol. The van der Waals surface area contributed by atoms with Crippen LogP contribution >= 0.6 is 0 Å². The number of carbonyl (C=O) groups excluding carboxylic acids is 1. The second-order valence-electron chi connectivity index (χ2n) is 10.7. The maximum atomic E-state index is 15.9. The topological polar surface area (TPSA) is 46.5 Å². The van der Waals surface area contributed by atoms with Crippen molar-refractivity contribution in [1.29, 1.82) is 0 Å². The molecule has 27 heavy (non-hydrogen) atoms. The summed E-state index contributed by atoms with van der Waals surface area (Å²) in [5.41, 5.74) is 0.347. The smallest absolute Gasteiger partial charge is 0.306 e. The fourth-order valence-electron chi connectivity index (χ4n) is 8.73. The van der Waals surface area contributed by atoms with E-state index in [0.29, 0.717) is 48.7 Å². The van der Waals surface area contributed by atoms with E-state index in [1.165, 1.54) is 0 Å². The molecule has 0 aromatic heterocycles. The molecule has 6 rings (SSSR count). The minimum atomic E-state index is -0.868. The summed E-state index contributed by atoms with van der Waals surface area (Å²) in [5, 5.41) is 10.0. The molecule has 4 heteroatoms.